The zero-order valence-electron chi connectivity index (χ0n) is 17.4. The Bertz CT molecular complexity index is 1380. The topological polar surface area (TPSA) is 105 Å². The van der Waals surface area contributed by atoms with Gasteiger partial charge in [-0.15, -0.1) is 0 Å². The average Bonchev–Trinajstić information content (AvgIpc) is 3.43. The molecule has 164 valence electrons. The second-order valence-corrected chi connectivity index (χ2v) is 7.55. The van der Waals surface area contributed by atoms with E-state index in [0.29, 0.717) is 22.8 Å². The van der Waals surface area contributed by atoms with Gasteiger partial charge in [-0.25, -0.2) is 9.37 Å². The summed E-state index contributed by atoms with van der Waals surface area (Å²) in [6.07, 6.45) is 1.83. The SMILES string of the molecule is NC(=O)C1CC(C(=O)Nc2c(-c3ccccc3)nc3ccccn23)=NN1c1ccc(F)cc1. The van der Waals surface area contributed by atoms with Gasteiger partial charge >= 0.3 is 0 Å². The number of nitrogens with two attached hydrogens (primary N) is 1. The maximum absolute atomic E-state index is 13.3. The number of halogens is 1. The van der Waals surface area contributed by atoms with Crippen LogP contribution in [0.25, 0.3) is 16.9 Å². The number of fused-ring (bicyclic) bond motifs is 1. The first-order valence-electron chi connectivity index (χ1n) is 10.3. The molecule has 4 aromatic rings. The molecule has 1 aliphatic heterocycles. The highest BCUT2D eigenvalue weighted by molar-refractivity contribution is 6.44. The first-order chi connectivity index (χ1) is 16.0. The van der Waals surface area contributed by atoms with Crippen molar-refractivity contribution >= 4 is 34.7 Å². The highest BCUT2D eigenvalue weighted by atomic mass is 19.1. The number of pyridine rings is 1. The van der Waals surface area contributed by atoms with Crippen molar-refractivity contribution in [3.05, 3.63) is 84.8 Å². The number of anilines is 2. The number of hydrogen-bond acceptors (Lipinski definition) is 5. The third-order valence-electron chi connectivity index (χ3n) is 5.40. The van der Waals surface area contributed by atoms with Crippen molar-refractivity contribution in [2.24, 2.45) is 10.8 Å². The summed E-state index contributed by atoms with van der Waals surface area (Å²) < 4.78 is 15.1. The van der Waals surface area contributed by atoms with Gasteiger partial charge in [0.15, 0.2) is 0 Å². The smallest absolute Gasteiger partial charge is 0.273 e. The molecule has 0 aliphatic carbocycles. The predicted molar refractivity (Wildman–Crippen MR) is 123 cm³/mol. The van der Waals surface area contributed by atoms with Crippen LogP contribution in [0.4, 0.5) is 15.9 Å². The molecular weight excluding hydrogens is 423 g/mol. The Morgan fingerprint density at radius 1 is 1.00 bits per heavy atom. The highest BCUT2D eigenvalue weighted by Crippen LogP contribution is 2.30. The predicted octanol–water partition coefficient (Wildman–Crippen LogP) is 3.20. The molecular formula is C24H19FN6O2. The van der Waals surface area contributed by atoms with E-state index in [1.807, 2.05) is 48.5 Å². The van der Waals surface area contributed by atoms with E-state index in [4.69, 9.17) is 5.73 Å². The second kappa shape index (κ2) is 8.19. The van der Waals surface area contributed by atoms with E-state index in [1.165, 1.54) is 29.3 Å². The fraction of sp³-hybridized carbons (Fsp3) is 0.0833. The van der Waals surface area contributed by atoms with Gasteiger partial charge in [-0.2, -0.15) is 5.10 Å². The first-order valence-corrected chi connectivity index (χ1v) is 10.3. The van der Waals surface area contributed by atoms with Crippen LogP contribution in [0.5, 0.6) is 0 Å². The summed E-state index contributed by atoms with van der Waals surface area (Å²) in [6.45, 7) is 0. The van der Waals surface area contributed by atoms with Gasteiger partial charge in [0.2, 0.25) is 5.91 Å². The number of amides is 2. The van der Waals surface area contributed by atoms with E-state index >= 15 is 0 Å². The van der Waals surface area contributed by atoms with E-state index in [-0.39, 0.29) is 12.1 Å². The summed E-state index contributed by atoms with van der Waals surface area (Å²) >= 11 is 0. The van der Waals surface area contributed by atoms with Gasteiger partial charge in [0.05, 0.1) is 5.69 Å². The largest absolute Gasteiger partial charge is 0.368 e. The van der Waals surface area contributed by atoms with Crippen LogP contribution in [-0.2, 0) is 9.59 Å². The molecule has 8 nitrogen and oxygen atoms in total. The number of hydrazone groups is 1. The van der Waals surface area contributed by atoms with Gasteiger partial charge in [-0.05, 0) is 36.4 Å². The number of aromatic nitrogens is 2. The van der Waals surface area contributed by atoms with Gasteiger partial charge in [-0.3, -0.25) is 19.0 Å². The Morgan fingerprint density at radius 2 is 1.73 bits per heavy atom. The zero-order chi connectivity index (χ0) is 22.9. The molecule has 9 heteroatoms. The molecule has 2 amide bonds. The van der Waals surface area contributed by atoms with E-state index in [0.717, 1.165) is 5.56 Å². The van der Waals surface area contributed by atoms with E-state index in [1.54, 1.807) is 10.6 Å². The summed E-state index contributed by atoms with van der Waals surface area (Å²) in [7, 11) is 0. The van der Waals surface area contributed by atoms with Gasteiger partial charge in [0, 0.05) is 18.2 Å². The lowest BCUT2D eigenvalue weighted by atomic mass is 10.1. The van der Waals surface area contributed by atoms with Crippen LogP contribution in [-0.4, -0.2) is 33.0 Å². The Morgan fingerprint density at radius 3 is 2.45 bits per heavy atom. The van der Waals surface area contributed by atoms with Crippen LogP contribution in [0, 0.1) is 5.82 Å². The Kier molecular flexibility index (Phi) is 5.06. The number of nitrogens with zero attached hydrogens (tertiary/aromatic N) is 4. The minimum Gasteiger partial charge on any atom is -0.368 e. The second-order valence-electron chi connectivity index (χ2n) is 7.55. The van der Waals surface area contributed by atoms with E-state index < -0.39 is 23.7 Å². The number of carbonyl (C=O) groups is 2. The van der Waals surface area contributed by atoms with Crippen LogP contribution in [0.2, 0.25) is 0 Å². The molecule has 1 unspecified atom stereocenters. The molecule has 5 rings (SSSR count). The number of primary amides is 1. The monoisotopic (exact) mass is 442 g/mol. The average molecular weight is 442 g/mol. The minimum atomic E-state index is -0.855. The van der Waals surface area contributed by atoms with Crippen molar-refractivity contribution in [3.63, 3.8) is 0 Å². The van der Waals surface area contributed by atoms with Crippen molar-refractivity contribution in [3.8, 4) is 11.3 Å². The molecule has 2 aromatic heterocycles. The van der Waals surface area contributed by atoms with E-state index in [2.05, 4.69) is 15.4 Å². The molecule has 1 atom stereocenters. The van der Waals surface area contributed by atoms with Gasteiger partial charge in [-0.1, -0.05) is 36.4 Å². The number of benzene rings is 2. The number of imidazole rings is 1. The van der Waals surface area contributed by atoms with Crippen molar-refractivity contribution in [2.75, 3.05) is 10.3 Å². The van der Waals surface area contributed by atoms with Gasteiger partial charge < -0.3 is 11.1 Å². The normalized spacial score (nSPS) is 15.5. The summed E-state index contributed by atoms with van der Waals surface area (Å²) in [5.74, 6) is -1.05. The van der Waals surface area contributed by atoms with Crippen molar-refractivity contribution in [2.45, 2.75) is 12.5 Å². The van der Waals surface area contributed by atoms with Crippen molar-refractivity contribution in [1.29, 1.82) is 0 Å². The van der Waals surface area contributed by atoms with Crippen LogP contribution in [0.15, 0.2) is 84.1 Å². The number of nitrogens with one attached hydrogen (secondary N) is 1. The summed E-state index contributed by atoms with van der Waals surface area (Å²) in [4.78, 5) is 29.9. The molecule has 0 saturated heterocycles. The fourth-order valence-corrected chi connectivity index (χ4v) is 3.79. The van der Waals surface area contributed by atoms with Crippen LogP contribution in [0.3, 0.4) is 0 Å². The quantitative estimate of drug-likeness (QED) is 0.495. The van der Waals surface area contributed by atoms with Gasteiger partial charge in [0.25, 0.3) is 5.91 Å². The summed E-state index contributed by atoms with van der Waals surface area (Å²) in [6, 6.07) is 19.7. The molecule has 0 fully saturated rings. The zero-order valence-corrected chi connectivity index (χ0v) is 17.4. The number of carbonyl (C=O) groups excluding carboxylic acids is 2. The molecule has 1 aliphatic rings. The first kappa shape index (κ1) is 20.4. The van der Waals surface area contributed by atoms with Crippen LogP contribution >= 0.6 is 0 Å². The fourth-order valence-electron chi connectivity index (χ4n) is 3.79. The lowest BCUT2D eigenvalue weighted by Crippen LogP contribution is -2.39. The maximum Gasteiger partial charge on any atom is 0.273 e. The Balaban J connectivity index is 1.50. The Hall–Kier alpha value is -4.53. The molecule has 3 heterocycles. The third-order valence-corrected chi connectivity index (χ3v) is 5.40. The number of rotatable bonds is 5. The molecule has 2 aromatic carbocycles. The van der Waals surface area contributed by atoms with Crippen LogP contribution < -0.4 is 16.1 Å². The molecule has 0 spiro atoms. The molecule has 33 heavy (non-hydrogen) atoms. The highest BCUT2D eigenvalue weighted by Gasteiger charge is 2.35. The Labute approximate surface area is 188 Å². The van der Waals surface area contributed by atoms with Gasteiger partial charge in [0.1, 0.15) is 34.7 Å². The molecule has 0 radical (unpaired) electrons. The molecule has 0 bridgehead atoms. The lowest BCUT2D eigenvalue weighted by Gasteiger charge is -2.20. The molecule has 3 N–H and O–H groups in total. The van der Waals surface area contributed by atoms with E-state index in [9.17, 15) is 14.0 Å². The molecule has 0 saturated carbocycles. The summed E-state index contributed by atoms with van der Waals surface area (Å²) in [5.41, 5.74) is 8.26. The van der Waals surface area contributed by atoms with Crippen molar-refractivity contribution in [1.82, 2.24) is 9.38 Å². The maximum atomic E-state index is 13.3. The standard InChI is InChI=1S/C24H19FN6O2/c25-16-9-11-17(12-10-16)31-19(22(26)32)14-18(29-31)24(33)28-23-21(15-6-2-1-3-7-15)27-20-8-4-5-13-30(20)23/h1-13,19H,14H2,(H2,26,32)(H,28,33). The van der Waals surface area contributed by atoms with Crippen LogP contribution in [0.1, 0.15) is 6.42 Å². The van der Waals surface area contributed by atoms with Crippen molar-refractivity contribution < 1.29 is 14.0 Å². The minimum absolute atomic E-state index is 0.0238. The summed E-state index contributed by atoms with van der Waals surface area (Å²) in [5, 5.41) is 8.60. The number of hydrogen-bond donors (Lipinski definition) is 2. The lowest BCUT2D eigenvalue weighted by molar-refractivity contribution is -0.119. The third kappa shape index (κ3) is 3.80.